The van der Waals surface area contributed by atoms with E-state index < -0.39 is 11.8 Å². The number of aryl methyl sites for hydroxylation is 1. The summed E-state index contributed by atoms with van der Waals surface area (Å²) in [5.74, 6) is 0.710. The van der Waals surface area contributed by atoms with E-state index >= 15 is 0 Å². The number of rotatable bonds is 2. The van der Waals surface area contributed by atoms with Gasteiger partial charge in [0, 0.05) is 5.02 Å². The minimum Gasteiger partial charge on any atom is -0.428 e. The second kappa shape index (κ2) is 5.83. The van der Waals surface area contributed by atoms with Crippen LogP contribution in [0.1, 0.15) is 51.7 Å². The van der Waals surface area contributed by atoms with Crippen LogP contribution in [-0.4, -0.2) is 11.8 Å². The van der Waals surface area contributed by atoms with Gasteiger partial charge in [0.2, 0.25) is 0 Å². The molecule has 0 fully saturated rings. The van der Waals surface area contributed by atoms with Crippen LogP contribution in [0.5, 0.6) is 5.75 Å². The fraction of sp³-hybridized carbons (Fsp3) is 0.533. The molecule has 0 amide bonds. The van der Waals surface area contributed by atoms with Crippen molar-refractivity contribution < 1.29 is 14.3 Å². The van der Waals surface area contributed by atoms with Gasteiger partial charge < -0.3 is 9.47 Å². The average molecular weight is 285 g/mol. The molecule has 0 saturated heterocycles. The van der Waals surface area contributed by atoms with Gasteiger partial charge in [0.25, 0.3) is 0 Å². The third-order valence-corrected chi connectivity index (χ3v) is 2.90. The number of halogens is 1. The topological polar surface area (TPSA) is 35.5 Å². The van der Waals surface area contributed by atoms with Gasteiger partial charge >= 0.3 is 6.16 Å². The van der Waals surface area contributed by atoms with Crippen LogP contribution in [0.4, 0.5) is 4.79 Å². The van der Waals surface area contributed by atoms with Crippen molar-refractivity contribution in [2.24, 2.45) is 0 Å². The van der Waals surface area contributed by atoms with Gasteiger partial charge in [-0.25, -0.2) is 4.79 Å². The maximum absolute atomic E-state index is 11.7. The molecular weight excluding hydrogens is 264 g/mol. The Balaban J connectivity index is 3.00. The molecule has 0 aliphatic rings. The van der Waals surface area contributed by atoms with Crippen molar-refractivity contribution in [1.29, 1.82) is 0 Å². The Morgan fingerprint density at radius 1 is 1.26 bits per heavy atom. The minimum atomic E-state index is -0.698. The third kappa shape index (κ3) is 4.75. The zero-order valence-corrected chi connectivity index (χ0v) is 13.1. The number of carbonyl (C=O) groups is 1. The van der Waals surface area contributed by atoms with E-state index in [2.05, 4.69) is 0 Å². The highest BCUT2D eigenvalue weighted by Gasteiger charge is 2.20. The zero-order valence-electron chi connectivity index (χ0n) is 12.3. The van der Waals surface area contributed by atoms with Crippen LogP contribution in [0.3, 0.4) is 0 Å². The van der Waals surface area contributed by atoms with Gasteiger partial charge in [0.1, 0.15) is 11.4 Å². The summed E-state index contributed by atoms with van der Waals surface area (Å²) in [6, 6.07) is 3.60. The number of hydrogen-bond donors (Lipinski definition) is 0. The molecule has 0 N–H and O–H groups in total. The monoisotopic (exact) mass is 284 g/mol. The number of benzene rings is 1. The maximum atomic E-state index is 11.7. The van der Waals surface area contributed by atoms with Crippen LogP contribution >= 0.6 is 11.6 Å². The van der Waals surface area contributed by atoms with Gasteiger partial charge in [0.15, 0.2) is 0 Å². The molecule has 1 aromatic carbocycles. The highest BCUT2D eigenvalue weighted by molar-refractivity contribution is 6.31. The molecule has 0 unspecified atom stereocenters. The van der Waals surface area contributed by atoms with Crippen LogP contribution in [0.15, 0.2) is 12.1 Å². The predicted molar refractivity (Wildman–Crippen MR) is 77.1 cm³/mol. The van der Waals surface area contributed by atoms with Crippen LogP contribution in [0, 0.1) is 6.92 Å². The van der Waals surface area contributed by atoms with E-state index in [-0.39, 0.29) is 5.92 Å². The number of hydrogen-bond acceptors (Lipinski definition) is 3. The molecule has 106 valence electrons. The van der Waals surface area contributed by atoms with Gasteiger partial charge in [-0.3, -0.25) is 0 Å². The second-order valence-corrected chi connectivity index (χ2v) is 6.27. The molecule has 0 atom stereocenters. The highest BCUT2D eigenvalue weighted by atomic mass is 35.5. The molecule has 0 bridgehead atoms. The van der Waals surface area contributed by atoms with Crippen LogP contribution in [0.25, 0.3) is 0 Å². The van der Waals surface area contributed by atoms with E-state index in [4.69, 9.17) is 21.1 Å². The fourth-order valence-corrected chi connectivity index (χ4v) is 1.74. The molecular formula is C15H21ClO3. The standard InChI is InChI=1S/C15H21ClO3/c1-9(2)11-8-12(16)10(3)7-13(11)18-14(17)19-15(4,5)6/h7-9H,1-6H3. The lowest BCUT2D eigenvalue weighted by Crippen LogP contribution is -2.26. The van der Waals surface area contributed by atoms with Crippen molar-refractivity contribution >= 4 is 17.8 Å². The minimum absolute atomic E-state index is 0.204. The summed E-state index contributed by atoms with van der Waals surface area (Å²) in [6.07, 6.45) is -0.698. The molecule has 1 rings (SSSR count). The van der Waals surface area contributed by atoms with Crippen molar-refractivity contribution in [3.8, 4) is 5.75 Å². The summed E-state index contributed by atoms with van der Waals surface area (Å²) in [4.78, 5) is 11.7. The van der Waals surface area contributed by atoms with Gasteiger partial charge in [-0.2, -0.15) is 0 Å². The molecule has 4 heteroatoms. The van der Waals surface area contributed by atoms with E-state index in [9.17, 15) is 4.79 Å². The van der Waals surface area contributed by atoms with Gasteiger partial charge in [0.05, 0.1) is 0 Å². The Morgan fingerprint density at radius 3 is 2.32 bits per heavy atom. The lowest BCUT2D eigenvalue weighted by Gasteiger charge is -2.20. The Hall–Kier alpha value is -1.22. The Labute approximate surface area is 119 Å². The molecule has 0 aromatic heterocycles. The number of carbonyl (C=O) groups excluding carboxylic acids is 1. The molecule has 3 nitrogen and oxygen atoms in total. The summed E-state index contributed by atoms with van der Waals surface area (Å²) < 4.78 is 10.5. The second-order valence-electron chi connectivity index (χ2n) is 5.86. The first-order chi connectivity index (χ1) is 8.60. The Morgan fingerprint density at radius 2 is 1.84 bits per heavy atom. The van der Waals surface area contributed by atoms with Gasteiger partial charge in [-0.15, -0.1) is 0 Å². The van der Waals surface area contributed by atoms with E-state index in [0.29, 0.717) is 10.8 Å². The van der Waals surface area contributed by atoms with Crippen LogP contribution in [0.2, 0.25) is 5.02 Å². The summed E-state index contributed by atoms with van der Waals surface area (Å²) >= 11 is 6.10. The van der Waals surface area contributed by atoms with E-state index in [1.807, 2.05) is 26.8 Å². The van der Waals surface area contributed by atoms with E-state index in [1.165, 1.54) is 0 Å². The van der Waals surface area contributed by atoms with E-state index in [0.717, 1.165) is 11.1 Å². The summed E-state index contributed by atoms with van der Waals surface area (Å²) in [5, 5.41) is 0.667. The molecule has 1 aromatic rings. The zero-order chi connectivity index (χ0) is 14.8. The first-order valence-electron chi connectivity index (χ1n) is 6.31. The van der Waals surface area contributed by atoms with Crippen molar-refractivity contribution in [2.75, 3.05) is 0 Å². The smallest absolute Gasteiger partial charge is 0.428 e. The summed E-state index contributed by atoms with van der Waals surface area (Å²) in [6.45, 7) is 11.3. The van der Waals surface area contributed by atoms with Gasteiger partial charge in [-0.05, 0) is 56.9 Å². The van der Waals surface area contributed by atoms with E-state index in [1.54, 1.807) is 26.8 Å². The molecule has 0 aliphatic carbocycles. The normalized spacial score (nSPS) is 11.6. The highest BCUT2D eigenvalue weighted by Crippen LogP contribution is 2.32. The molecule has 0 heterocycles. The molecule has 0 aliphatic heterocycles. The van der Waals surface area contributed by atoms with Gasteiger partial charge in [-0.1, -0.05) is 25.4 Å². The molecule has 0 spiro atoms. The SMILES string of the molecule is Cc1cc(OC(=O)OC(C)(C)C)c(C(C)C)cc1Cl. The number of ether oxygens (including phenoxy) is 2. The van der Waals surface area contributed by atoms with Crippen molar-refractivity contribution in [3.63, 3.8) is 0 Å². The lowest BCUT2D eigenvalue weighted by molar-refractivity contribution is 0.0204. The first-order valence-corrected chi connectivity index (χ1v) is 6.69. The lowest BCUT2D eigenvalue weighted by atomic mass is 10.0. The van der Waals surface area contributed by atoms with Crippen molar-refractivity contribution in [3.05, 3.63) is 28.3 Å². The molecule has 19 heavy (non-hydrogen) atoms. The quantitative estimate of drug-likeness (QED) is 0.561. The average Bonchev–Trinajstić information content (AvgIpc) is 2.19. The first kappa shape index (κ1) is 15.8. The maximum Gasteiger partial charge on any atom is 0.514 e. The fourth-order valence-electron chi connectivity index (χ4n) is 1.57. The largest absolute Gasteiger partial charge is 0.514 e. The van der Waals surface area contributed by atoms with Crippen molar-refractivity contribution in [1.82, 2.24) is 0 Å². The summed E-state index contributed by atoms with van der Waals surface area (Å²) in [5.41, 5.74) is 1.18. The summed E-state index contributed by atoms with van der Waals surface area (Å²) in [7, 11) is 0. The van der Waals surface area contributed by atoms with Crippen molar-refractivity contribution in [2.45, 2.75) is 53.1 Å². The third-order valence-electron chi connectivity index (χ3n) is 2.50. The molecule has 0 radical (unpaired) electrons. The van der Waals surface area contributed by atoms with Crippen LogP contribution < -0.4 is 4.74 Å². The van der Waals surface area contributed by atoms with Crippen LogP contribution in [-0.2, 0) is 4.74 Å². The molecule has 0 saturated carbocycles. The Bertz CT molecular complexity index is 473. The predicted octanol–water partition coefficient (Wildman–Crippen LogP) is 5.09. The Kier molecular flexibility index (Phi) is 4.86.